The van der Waals surface area contributed by atoms with Crippen molar-refractivity contribution in [1.82, 2.24) is 14.7 Å². The van der Waals surface area contributed by atoms with Gasteiger partial charge >= 0.3 is 0 Å². The van der Waals surface area contributed by atoms with Crippen LogP contribution in [0.2, 0.25) is 0 Å². The third kappa shape index (κ3) is 7.65. The molecule has 0 fully saturated rings. The van der Waals surface area contributed by atoms with Crippen molar-refractivity contribution in [3.8, 4) is 16.7 Å². The molecule has 7 heteroatoms. The first-order valence-electron chi connectivity index (χ1n) is 11.6. The van der Waals surface area contributed by atoms with Crippen molar-refractivity contribution >= 4 is 17.4 Å². The van der Waals surface area contributed by atoms with E-state index >= 15 is 0 Å². The molecular formula is C28H29N3O3S. The van der Waals surface area contributed by atoms with Gasteiger partial charge in [0.2, 0.25) is 5.91 Å². The van der Waals surface area contributed by atoms with E-state index in [0.717, 1.165) is 29.7 Å². The van der Waals surface area contributed by atoms with E-state index < -0.39 is 0 Å². The SMILES string of the molecule is COc1cccc(Cc2nsc(Oc3ccc(CC(=O)NC(C)CCc4ccccc4)cc3)n2)c1. The summed E-state index contributed by atoms with van der Waals surface area (Å²) in [5, 5.41) is 3.57. The van der Waals surface area contributed by atoms with Crippen molar-refractivity contribution < 1.29 is 14.3 Å². The van der Waals surface area contributed by atoms with Crippen molar-refractivity contribution in [2.45, 2.75) is 38.6 Å². The molecule has 1 unspecified atom stereocenters. The molecule has 180 valence electrons. The third-order valence-corrected chi connectivity index (χ3v) is 6.19. The van der Waals surface area contributed by atoms with Crippen molar-refractivity contribution in [2.75, 3.05) is 7.11 Å². The maximum Gasteiger partial charge on any atom is 0.298 e. The summed E-state index contributed by atoms with van der Waals surface area (Å²) >= 11 is 1.22. The summed E-state index contributed by atoms with van der Waals surface area (Å²) in [4.78, 5) is 16.9. The Balaban J connectivity index is 1.24. The van der Waals surface area contributed by atoms with Gasteiger partial charge in [0.25, 0.3) is 5.19 Å². The molecule has 0 saturated carbocycles. The van der Waals surface area contributed by atoms with Gasteiger partial charge in [-0.3, -0.25) is 4.79 Å². The molecule has 35 heavy (non-hydrogen) atoms. The Morgan fingerprint density at radius 1 is 0.943 bits per heavy atom. The molecule has 0 saturated heterocycles. The zero-order valence-electron chi connectivity index (χ0n) is 19.9. The van der Waals surface area contributed by atoms with Gasteiger partial charge in [-0.2, -0.15) is 9.36 Å². The van der Waals surface area contributed by atoms with Gasteiger partial charge in [-0.05, 0) is 60.7 Å². The highest BCUT2D eigenvalue weighted by atomic mass is 32.1. The molecule has 1 aromatic heterocycles. The fraction of sp³-hybridized carbons (Fsp3) is 0.250. The molecule has 0 aliphatic carbocycles. The van der Waals surface area contributed by atoms with Crippen LogP contribution in [0.25, 0.3) is 0 Å². The number of nitrogens with one attached hydrogen (secondary N) is 1. The molecule has 1 N–H and O–H groups in total. The van der Waals surface area contributed by atoms with E-state index in [4.69, 9.17) is 9.47 Å². The second kappa shape index (κ2) is 12.1. The maximum absolute atomic E-state index is 12.4. The number of aryl methyl sites for hydroxylation is 1. The van der Waals surface area contributed by atoms with Gasteiger partial charge < -0.3 is 14.8 Å². The second-order valence-electron chi connectivity index (χ2n) is 8.42. The summed E-state index contributed by atoms with van der Waals surface area (Å²) in [7, 11) is 1.65. The first-order chi connectivity index (χ1) is 17.1. The Labute approximate surface area is 210 Å². The lowest BCUT2D eigenvalue weighted by atomic mass is 10.1. The molecule has 0 aliphatic heterocycles. The molecule has 0 spiro atoms. The number of aromatic nitrogens is 2. The molecule has 0 radical (unpaired) electrons. The van der Waals surface area contributed by atoms with E-state index in [-0.39, 0.29) is 11.9 Å². The Morgan fingerprint density at radius 2 is 1.71 bits per heavy atom. The Morgan fingerprint density at radius 3 is 2.49 bits per heavy atom. The summed E-state index contributed by atoms with van der Waals surface area (Å²) in [6.07, 6.45) is 2.79. The fourth-order valence-corrected chi connectivity index (χ4v) is 4.27. The Bertz CT molecular complexity index is 1230. The van der Waals surface area contributed by atoms with Crippen molar-refractivity contribution in [3.63, 3.8) is 0 Å². The second-order valence-corrected chi connectivity index (χ2v) is 9.13. The minimum Gasteiger partial charge on any atom is -0.497 e. The summed E-state index contributed by atoms with van der Waals surface area (Å²) in [5.41, 5.74) is 3.29. The van der Waals surface area contributed by atoms with Crippen LogP contribution in [0.15, 0.2) is 78.9 Å². The molecule has 3 aromatic carbocycles. The van der Waals surface area contributed by atoms with Crippen LogP contribution < -0.4 is 14.8 Å². The monoisotopic (exact) mass is 487 g/mol. The van der Waals surface area contributed by atoms with Gasteiger partial charge in [0.15, 0.2) is 5.82 Å². The molecule has 0 aliphatic rings. The molecule has 1 atom stereocenters. The molecule has 6 nitrogen and oxygen atoms in total. The minimum absolute atomic E-state index is 0.0190. The average molecular weight is 488 g/mol. The molecule has 4 rings (SSSR count). The largest absolute Gasteiger partial charge is 0.497 e. The lowest BCUT2D eigenvalue weighted by Gasteiger charge is -2.14. The van der Waals surface area contributed by atoms with Crippen molar-refractivity contribution in [1.29, 1.82) is 0 Å². The van der Waals surface area contributed by atoms with Gasteiger partial charge in [0, 0.05) is 24.0 Å². The number of benzene rings is 3. The molecule has 1 amide bonds. The maximum atomic E-state index is 12.4. The van der Waals surface area contributed by atoms with Crippen LogP contribution in [0, 0.1) is 0 Å². The van der Waals surface area contributed by atoms with Crippen molar-refractivity contribution in [3.05, 3.63) is 101 Å². The van der Waals surface area contributed by atoms with Gasteiger partial charge in [0.1, 0.15) is 11.5 Å². The quantitative estimate of drug-likeness (QED) is 0.298. The number of amides is 1. The van der Waals surface area contributed by atoms with Crippen LogP contribution in [0.5, 0.6) is 16.7 Å². The predicted octanol–water partition coefficient (Wildman–Crippen LogP) is 5.61. The highest BCUT2D eigenvalue weighted by Crippen LogP contribution is 2.25. The smallest absolute Gasteiger partial charge is 0.298 e. The fourth-order valence-electron chi connectivity index (χ4n) is 3.70. The summed E-state index contributed by atoms with van der Waals surface area (Å²) in [5.74, 6) is 2.19. The topological polar surface area (TPSA) is 73.3 Å². The van der Waals surface area contributed by atoms with Gasteiger partial charge in [-0.1, -0.05) is 54.6 Å². The summed E-state index contributed by atoms with van der Waals surface area (Å²) in [6, 6.07) is 25.8. The minimum atomic E-state index is 0.0190. The number of hydrogen-bond acceptors (Lipinski definition) is 6. The average Bonchev–Trinajstić information content (AvgIpc) is 3.31. The van der Waals surface area contributed by atoms with E-state index in [1.54, 1.807) is 7.11 Å². The summed E-state index contributed by atoms with van der Waals surface area (Å²) < 4.78 is 15.5. The van der Waals surface area contributed by atoms with Crippen LogP contribution in [-0.4, -0.2) is 28.4 Å². The van der Waals surface area contributed by atoms with Crippen LogP contribution in [0.3, 0.4) is 0 Å². The van der Waals surface area contributed by atoms with Crippen LogP contribution in [0.1, 0.15) is 35.9 Å². The number of hydrogen-bond donors (Lipinski definition) is 1. The van der Waals surface area contributed by atoms with E-state index in [1.165, 1.54) is 17.1 Å². The number of carbonyl (C=O) groups excluding carboxylic acids is 1. The number of nitrogens with zero attached hydrogens (tertiary/aromatic N) is 2. The van der Waals surface area contributed by atoms with Crippen LogP contribution in [0.4, 0.5) is 0 Å². The number of carbonyl (C=O) groups is 1. The zero-order chi connectivity index (χ0) is 24.5. The summed E-state index contributed by atoms with van der Waals surface area (Å²) in [6.45, 7) is 2.04. The molecular weight excluding hydrogens is 458 g/mol. The standard InChI is InChI=1S/C28H29N3O3S/c1-20(11-12-21-7-4-3-5-8-21)29-27(32)19-22-13-15-24(16-14-22)34-28-30-26(31-35-28)18-23-9-6-10-25(17-23)33-2/h3-10,13-17,20H,11-12,18-19H2,1-2H3,(H,29,32). The molecule has 1 heterocycles. The lowest BCUT2D eigenvalue weighted by molar-refractivity contribution is -0.121. The van der Waals surface area contributed by atoms with Crippen LogP contribution >= 0.6 is 11.5 Å². The third-order valence-electron chi connectivity index (χ3n) is 5.56. The first-order valence-corrected chi connectivity index (χ1v) is 12.4. The Hall–Kier alpha value is -3.71. The Kier molecular flexibility index (Phi) is 8.46. The first kappa shape index (κ1) is 24.4. The van der Waals surface area contributed by atoms with E-state index in [1.807, 2.05) is 73.7 Å². The zero-order valence-corrected chi connectivity index (χ0v) is 20.8. The van der Waals surface area contributed by atoms with Crippen molar-refractivity contribution in [2.24, 2.45) is 0 Å². The number of ether oxygens (including phenoxy) is 2. The van der Waals surface area contributed by atoms with E-state index in [9.17, 15) is 4.79 Å². The van der Waals surface area contributed by atoms with Crippen LogP contribution in [-0.2, 0) is 24.1 Å². The normalized spacial score (nSPS) is 11.6. The van der Waals surface area contributed by atoms with Gasteiger partial charge in [0.05, 0.1) is 13.5 Å². The number of methoxy groups -OCH3 is 1. The highest BCUT2D eigenvalue weighted by molar-refractivity contribution is 7.07. The lowest BCUT2D eigenvalue weighted by Crippen LogP contribution is -2.34. The molecule has 0 bridgehead atoms. The van der Waals surface area contributed by atoms with E-state index in [0.29, 0.717) is 29.6 Å². The van der Waals surface area contributed by atoms with E-state index in [2.05, 4.69) is 26.8 Å². The number of rotatable bonds is 11. The molecule has 4 aromatic rings. The van der Waals surface area contributed by atoms with Gasteiger partial charge in [-0.25, -0.2) is 0 Å². The van der Waals surface area contributed by atoms with Gasteiger partial charge in [-0.15, -0.1) is 0 Å². The highest BCUT2D eigenvalue weighted by Gasteiger charge is 2.11. The predicted molar refractivity (Wildman–Crippen MR) is 138 cm³/mol.